The molecular weight excluding hydrogens is 402 g/mol. The van der Waals surface area contributed by atoms with Crippen LogP contribution in [0.3, 0.4) is 0 Å². The summed E-state index contributed by atoms with van der Waals surface area (Å²) in [7, 11) is 0. The van der Waals surface area contributed by atoms with Crippen LogP contribution in [-0.4, -0.2) is 58.0 Å². The molecule has 2 N–H and O–H groups in total. The number of carbonyl (C=O) groups excluding carboxylic acids is 1. The second-order valence-electron chi connectivity index (χ2n) is 10.8. The van der Waals surface area contributed by atoms with E-state index in [1.807, 2.05) is 39.5 Å². The van der Waals surface area contributed by atoms with Crippen LogP contribution in [0.2, 0.25) is 0 Å². The van der Waals surface area contributed by atoms with Gasteiger partial charge >= 0.3 is 0 Å². The van der Waals surface area contributed by atoms with E-state index in [0.717, 1.165) is 32.1 Å². The Morgan fingerprint density at radius 3 is 2.62 bits per heavy atom. The number of allylic oxidation sites excluding steroid dienone is 1. The molecule has 0 radical (unpaired) electrons. The highest BCUT2D eigenvalue weighted by molar-refractivity contribution is 5.76. The maximum atomic E-state index is 12.5. The van der Waals surface area contributed by atoms with Gasteiger partial charge in [-0.05, 0) is 77.7 Å². The molecule has 0 aromatic heterocycles. The quantitative estimate of drug-likeness (QED) is 0.311. The van der Waals surface area contributed by atoms with Gasteiger partial charge in [-0.1, -0.05) is 38.0 Å². The van der Waals surface area contributed by atoms with Crippen LogP contribution in [0.1, 0.15) is 86.5 Å². The van der Waals surface area contributed by atoms with E-state index in [4.69, 9.17) is 4.74 Å². The molecule has 0 bridgehead atoms. The zero-order chi connectivity index (χ0) is 23.9. The number of aliphatic hydroxyl groups is 2. The van der Waals surface area contributed by atoms with Gasteiger partial charge in [-0.15, -0.1) is 0 Å². The molecule has 2 rings (SSSR count). The summed E-state index contributed by atoms with van der Waals surface area (Å²) in [5, 5.41) is 21.1. The molecule has 0 heterocycles. The normalized spacial score (nSPS) is 27.2. The maximum absolute atomic E-state index is 12.5. The molecule has 5 atom stereocenters. The fourth-order valence-electron chi connectivity index (χ4n) is 5.52. The average Bonchev–Trinajstić information content (AvgIpc) is 3.20. The number of fused-ring (bicyclic) bond motifs is 1. The van der Waals surface area contributed by atoms with Gasteiger partial charge in [-0.25, -0.2) is 0 Å². The van der Waals surface area contributed by atoms with E-state index in [-0.39, 0.29) is 30.0 Å². The van der Waals surface area contributed by atoms with Gasteiger partial charge in [0, 0.05) is 18.0 Å². The lowest BCUT2D eigenvalue weighted by Crippen LogP contribution is -2.42. The van der Waals surface area contributed by atoms with Crippen molar-refractivity contribution in [2.24, 2.45) is 17.8 Å². The first-order valence-corrected chi connectivity index (χ1v) is 12.7. The van der Waals surface area contributed by atoms with Crippen LogP contribution in [0.5, 0.6) is 0 Å². The van der Waals surface area contributed by atoms with E-state index in [2.05, 4.69) is 25.2 Å². The van der Waals surface area contributed by atoms with Crippen molar-refractivity contribution < 1.29 is 19.7 Å². The van der Waals surface area contributed by atoms with E-state index in [0.29, 0.717) is 37.9 Å². The molecular formula is C27H47NO4. The van der Waals surface area contributed by atoms with Crippen molar-refractivity contribution in [1.29, 1.82) is 0 Å². The molecule has 2 aliphatic carbocycles. The van der Waals surface area contributed by atoms with Crippen LogP contribution >= 0.6 is 0 Å². The monoisotopic (exact) mass is 449 g/mol. The molecule has 0 spiro atoms. The van der Waals surface area contributed by atoms with Gasteiger partial charge in [-0.3, -0.25) is 4.79 Å². The predicted octanol–water partition coefficient (Wildman–Crippen LogP) is 4.87. The van der Waals surface area contributed by atoms with E-state index >= 15 is 0 Å². The van der Waals surface area contributed by atoms with E-state index < -0.39 is 5.60 Å². The van der Waals surface area contributed by atoms with E-state index in [9.17, 15) is 15.0 Å². The number of rotatable bonds is 13. The number of hydrogen-bond donors (Lipinski definition) is 2. The average molecular weight is 450 g/mol. The van der Waals surface area contributed by atoms with E-state index in [1.165, 1.54) is 5.57 Å². The molecule has 0 aromatic carbocycles. The van der Waals surface area contributed by atoms with Crippen molar-refractivity contribution in [1.82, 2.24) is 4.90 Å². The minimum absolute atomic E-state index is 0.142. The minimum atomic E-state index is -0.666. The molecule has 1 saturated carbocycles. The second-order valence-corrected chi connectivity index (χ2v) is 10.8. The van der Waals surface area contributed by atoms with Crippen molar-refractivity contribution in [2.45, 2.75) is 110 Å². The molecule has 0 aliphatic heterocycles. The summed E-state index contributed by atoms with van der Waals surface area (Å²) in [6.45, 7) is 13.2. The van der Waals surface area contributed by atoms with Gasteiger partial charge in [0.15, 0.2) is 0 Å². The summed E-state index contributed by atoms with van der Waals surface area (Å²) >= 11 is 0. The van der Waals surface area contributed by atoms with Crippen molar-refractivity contribution in [2.75, 3.05) is 13.2 Å². The molecule has 0 aromatic rings. The number of carbonyl (C=O) groups is 1. The van der Waals surface area contributed by atoms with Gasteiger partial charge in [0.2, 0.25) is 5.91 Å². The molecule has 2 aliphatic rings. The largest absolute Gasteiger partial charge is 0.392 e. The Morgan fingerprint density at radius 1 is 1.31 bits per heavy atom. The van der Waals surface area contributed by atoms with Crippen molar-refractivity contribution in [3.8, 4) is 0 Å². The van der Waals surface area contributed by atoms with Gasteiger partial charge in [0.1, 0.15) is 0 Å². The van der Waals surface area contributed by atoms with Crippen LogP contribution in [0.4, 0.5) is 0 Å². The zero-order valence-corrected chi connectivity index (χ0v) is 21.2. The third-order valence-corrected chi connectivity index (χ3v) is 7.08. The highest BCUT2D eigenvalue weighted by Crippen LogP contribution is 2.47. The standard InChI is InChI=1S/C27H47NO4/c1-7-8-12-27(6,31)13-9-10-23-24-16-21(15-22(24)17-25(23)29)18-32-14-11-26(30)28(19(2)3)20(4)5/h9-10,15,19-20,22-25,29,31H,7-8,11-14,16-18H2,1-6H3/t22-,23+,24-,25+,27-/m0/s1. The first kappa shape index (κ1) is 27.1. The molecule has 1 amide bonds. The lowest BCUT2D eigenvalue weighted by molar-refractivity contribution is -0.135. The first-order chi connectivity index (χ1) is 15.1. The lowest BCUT2D eigenvalue weighted by atomic mass is 9.88. The summed E-state index contributed by atoms with van der Waals surface area (Å²) < 4.78 is 5.86. The highest BCUT2D eigenvalue weighted by atomic mass is 16.5. The molecule has 32 heavy (non-hydrogen) atoms. The number of nitrogens with zero attached hydrogens (tertiary/aromatic N) is 1. The van der Waals surface area contributed by atoms with Crippen LogP contribution in [0, 0.1) is 17.8 Å². The van der Waals surface area contributed by atoms with Crippen LogP contribution < -0.4 is 0 Å². The summed E-state index contributed by atoms with van der Waals surface area (Å²) in [4.78, 5) is 14.4. The molecule has 0 unspecified atom stereocenters. The number of hydrogen-bond acceptors (Lipinski definition) is 4. The summed E-state index contributed by atoms with van der Waals surface area (Å²) in [6.07, 6.45) is 11.9. The maximum Gasteiger partial charge on any atom is 0.225 e. The Hall–Kier alpha value is -1.17. The van der Waals surface area contributed by atoms with Crippen molar-refractivity contribution >= 4 is 5.91 Å². The zero-order valence-electron chi connectivity index (χ0n) is 21.2. The molecule has 0 saturated heterocycles. The third kappa shape index (κ3) is 7.71. The van der Waals surface area contributed by atoms with Crippen LogP contribution in [0.25, 0.3) is 0 Å². The Morgan fingerprint density at radius 2 is 2.00 bits per heavy atom. The number of unbranched alkanes of at least 4 members (excludes halogenated alkanes) is 1. The third-order valence-electron chi connectivity index (χ3n) is 7.08. The number of aliphatic hydroxyl groups excluding tert-OH is 1. The highest BCUT2D eigenvalue weighted by Gasteiger charge is 2.43. The molecule has 5 heteroatoms. The molecule has 5 nitrogen and oxygen atoms in total. The number of amides is 1. The molecule has 1 fully saturated rings. The Labute approximate surface area is 195 Å². The lowest BCUT2D eigenvalue weighted by Gasteiger charge is -2.30. The topological polar surface area (TPSA) is 70.0 Å². The Balaban J connectivity index is 1.78. The summed E-state index contributed by atoms with van der Waals surface area (Å²) in [6, 6.07) is 0.400. The second kappa shape index (κ2) is 12.3. The van der Waals surface area contributed by atoms with E-state index in [1.54, 1.807) is 0 Å². The van der Waals surface area contributed by atoms with Gasteiger partial charge < -0.3 is 19.8 Å². The Bertz CT molecular complexity index is 644. The first-order valence-electron chi connectivity index (χ1n) is 12.7. The minimum Gasteiger partial charge on any atom is -0.392 e. The summed E-state index contributed by atoms with van der Waals surface area (Å²) in [5.41, 5.74) is 0.623. The van der Waals surface area contributed by atoms with Crippen LogP contribution in [0.15, 0.2) is 23.8 Å². The van der Waals surface area contributed by atoms with Crippen LogP contribution in [-0.2, 0) is 9.53 Å². The predicted molar refractivity (Wildman–Crippen MR) is 130 cm³/mol. The molecule has 184 valence electrons. The van der Waals surface area contributed by atoms with Gasteiger partial charge in [-0.2, -0.15) is 0 Å². The fourth-order valence-corrected chi connectivity index (χ4v) is 5.52. The van der Waals surface area contributed by atoms with Gasteiger partial charge in [0.25, 0.3) is 0 Å². The van der Waals surface area contributed by atoms with Crippen molar-refractivity contribution in [3.05, 3.63) is 23.8 Å². The van der Waals surface area contributed by atoms with Crippen molar-refractivity contribution in [3.63, 3.8) is 0 Å². The summed E-state index contributed by atoms with van der Waals surface area (Å²) in [5.74, 6) is 1.11. The smallest absolute Gasteiger partial charge is 0.225 e. The number of ether oxygens (including phenoxy) is 1. The Kier molecular flexibility index (Phi) is 10.4. The fraction of sp³-hybridized carbons (Fsp3) is 0.815. The SMILES string of the molecule is CCCC[C@](C)(O)CC=C[C@@H]1[C@H]2CC(COCCC(=O)N(C(C)C)C(C)C)=C[C@H]2C[C@H]1O. The van der Waals surface area contributed by atoms with Gasteiger partial charge in [0.05, 0.1) is 31.3 Å².